The molecule has 0 aliphatic carbocycles. The maximum atomic E-state index is 10.8. The molecule has 0 saturated carbocycles. The van der Waals surface area contributed by atoms with Crippen LogP contribution in [-0.4, -0.2) is 162 Å². The molecule has 0 aromatic heterocycles. The standard InChI is InChI=1S/C6H9O10P.3Ca.6H/c7-3(8)1-6(12,5(10)11)2-4(9)16-17(13,14)15;;;;;;;;;/h12H,1-2H2,(H,7,8)(H,10,11)(H2,13,14,15);;;;;;;;;/q;3*+2;6*-1. The second-order valence-corrected chi connectivity index (χ2v) is 4.20. The van der Waals surface area contributed by atoms with E-state index in [-0.39, 0.29) is 122 Å². The minimum absolute atomic E-state index is 0. The van der Waals surface area contributed by atoms with Crippen molar-refractivity contribution in [3.05, 3.63) is 0 Å². The molecule has 1 unspecified atom stereocenters. The molecule has 0 saturated heterocycles. The third-order valence-electron chi connectivity index (χ3n) is 1.50. The topological polar surface area (TPSA) is 179 Å². The van der Waals surface area contributed by atoms with Gasteiger partial charge in [-0.05, 0) is 0 Å². The van der Waals surface area contributed by atoms with Gasteiger partial charge in [-0.25, -0.2) is 9.36 Å². The first-order valence-corrected chi connectivity index (χ1v) is 5.45. The number of rotatable bonds is 6. The number of phosphoric ester groups is 1. The van der Waals surface area contributed by atoms with Crippen molar-refractivity contribution in [1.29, 1.82) is 0 Å². The predicted molar refractivity (Wildman–Crippen MR) is 71.5 cm³/mol. The zero-order valence-electron chi connectivity index (χ0n) is 16.3. The van der Waals surface area contributed by atoms with Gasteiger partial charge >= 0.3 is 139 Å². The average Bonchev–Trinajstić information content (AvgIpc) is 1.96. The number of hydrogen-bond acceptors (Lipinski definition) is 6. The molecule has 0 aliphatic heterocycles. The van der Waals surface area contributed by atoms with Crippen molar-refractivity contribution in [2.24, 2.45) is 0 Å². The largest absolute Gasteiger partial charge is 2.00 e. The van der Waals surface area contributed by atoms with Gasteiger partial charge in [0.1, 0.15) is 0 Å². The summed E-state index contributed by atoms with van der Waals surface area (Å²) >= 11 is 0. The molecule has 110 valence electrons. The molecule has 5 N–H and O–H groups in total. The van der Waals surface area contributed by atoms with E-state index in [9.17, 15) is 24.1 Å². The fourth-order valence-corrected chi connectivity index (χ4v) is 1.20. The summed E-state index contributed by atoms with van der Waals surface area (Å²) in [5, 5.41) is 26.1. The first kappa shape index (κ1) is 30.2. The number of carbonyl (C=O) groups is 3. The van der Waals surface area contributed by atoms with E-state index in [0.717, 1.165) is 0 Å². The molecule has 14 heteroatoms. The zero-order valence-corrected chi connectivity index (χ0v) is 17.8. The number of phosphoric acid groups is 1. The van der Waals surface area contributed by atoms with E-state index in [1.54, 1.807) is 0 Å². The number of hydrogen-bond donors (Lipinski definition) is 5. The summed E-state index contributed by atoms with van der Waals surface area (Å²) in [5.41, 5.74) is -2.99. The van der Waals surface area contributed by atoms with E-state index in [0.29, 0.717) is 0 Å². The molecule has 0 spiro atoms. The Morgan fingerprint density at radius 1 is 1.05 bits per heavy atom. The summed E-state index contributed by atoms with van der Waals surface area (Å²) in [7, 11) is -5.17. The third-order valence-corrected chi connectivity index (χ3v) is 1.94. The Bertz CT molecular complexity index is 415. The number of aliphatic hydroxyl groups is 1. The molecule has 0 radical (unpaired) electrons. The van der Waals surface area contributed by atoms with E-state index in [4.69, 9.17) is 20.0 Å². The maximum absolute atomic E-state index is 10.8. The van der Waals surface area contributed by atoms with Crippen LogP contribution in [0.3, 0.4) is 0 Å². The molecule has 20 heavy (non-hydrogen) atoms. The Morgan fingerprint density at radius 2 is 1.45 bits per heavy atom. The van der Waals surface area contributed by atoms with Gasteiger partial charge < -0.3 is 28.4 Å². The van der Waals surface area contributed by atoms with E-state index in [1.807, 2.05) is 0 Å². The molecule has 0 bridgehead atoms. The van der Waals surface area contributed by atoms with Crippen molar-refractivity contribution < 1.29 is 57.1 Å². The quantitative estimate of drug-likeness (QED) is 0.244. The predicted octanol–water partition coefficient (Wildman–Crippen LogP) is -2.16. The van der Waals surface area contributed by atoms with Crippen LogP contribution < -0.4 is 0 Å². The van der Waals surface area contributed by atoms with E-state index in [2.05, 4.69) is 4.52 Å². The Hall–Kier alpha value is 2.30. The second-order valence-electron chi connectivity index (χ2n) is 3.04. The summed E-state index contributed by atoms with van der Waals surface area (Å²) in [4.78, 5) is 48.1. The third kappa shape index (κ3) is 13.9. The van der Waals surface area contributed by atoms with Crippen LogP contribution in [0.1, 0.15) is 21.4 Å². The van der Waals surface area contributed by atoms with E-state index in [1.165, 1.54) is 0 Å². The fraction of sp³-hybridized carbons (Fsp3) is 0.500. The molecule has 1 atom stereocenters. The van der Waals surface area contributed by atoms with Crippen LogP contribution in [0.4, 0.5) is 0 Å². The Morgan fingerprint density at radius 3 is 1.70 bits per heavy atom. The van der Waals surface area contributed by atoms with E-state index < -0.39 is 44.2 Å². The van der Waals surface area contributed by atoms with E-state index >= 15 is 0 Å². The Kier molecular flexibility index (Phi) is 19.2. The molecular formula is C6H15Ca3O10P. The van der Waals surface area contributed by atoms with Gasteiger partial charge in [0, 0.05) is 0 Å². The van der Waals surface area contributed by atoms with Crippen molar-refractivity contribution >= 4 is 139 Å². The summed E-state index contributed by atoms with van der Waals surface area (Å²) in [6.45, 7) is 0. The minimum atomic E-state index is -5.17. The zero-order chi connectivity index (χ0) is 13.9. The van der Waals surface area contributed by atoms with Gasteiger partial charge in [-0.2, -0.15) is 0 Å². The molecule has 0 fully saturated rings. The molecule has 0 rings (SSSR count). The van der Waals surface area contributed by atoms with Crippen LogP contribution in [0.5, 0.6) is 0 Å². The van der Waals surface area contributed by atoms with Crippen LogP contribution in [0.15, 0.2) is 0 Å². The van der Waals surface area contributed by atoms with Crippen LogP contribution in [-0.2, 0) is 23.5 Å². The van der Waals surface area contributed by atoms with Gasteiger partial charge in [-0.15, -0.1) is 0 Å². The number of carboxylic acids is 2. The van der Waals surface area contributed by atoms with Crippen molar-refractivity contribution in [2.75, 3.05) is 0 Å². The molecular weight excluding hydrogens is 383 g/mol. The summed E-state index contributed by atoms with van der Waals surface area (Å²) < 4.78 is 13.7. The molecule has 0 amide bonds. The van der Waals surface area contributed by atoms with Crippen molar-refractivity contribution in [3.63, 3.8) is 0 Å². The van der Waals surface area contributed by atoms with Gasteiger partial charge in [0.15, 0.2) is 5.60 Å². The number of aliphatic carboxylic acids is 2. The molecule has 0 aromatic rings. The molecule has 10 nitrogen and oxygen atoms in total. The van der Waals surface area contributed by atoms with Gasteiger partial charge in [-0.1, -0.05) is 0 Å². The van der Waals surface area contributed by atoms with Crippen molar-refractivity contribution in [2.45, 2.75) is 18.4 Å². The average molecular weight is 398 g/mol. The first-order valence-electron chi connectivity index (χ1n) is 3.92. The maximum Gasteiger partial charge on any atom is 2.00 e. The van der Waals surface area contributed by atoms with Gasteiger partial charge in [0.25, 0.3) is 0 Å². The van der Waals surface area contributed by atoms with Crippen LogP contribution in [0, 0.1) is 0 Å². The number of carbonyl (C=O) groups excluding carboxylic acids is 1. The Balaban J connectivity index is -0.0000000356. The van der Waals surface area contributed by atoms with Gasteiger partial charge in [-0.3, -0.25) is 19.4 Å². The van der Waals surface area contributed by atoms with Crippen molar-refractivity contribution in [3.8, 4) is 0 Å². The number of carboxylic acid groups (broad SMARTS) is 2. The summed E-state index contributed by atoms with van der Waals surface area (Å²) in [5.74, 6) is -5.47. The minimum Gasteiger partial charge on any atom is -1.00 e. The van der Waals surface area contributed by atoms with Gasteiger partial charge in [0.2, 0.25) is 0 Å². The Labute approximate surface area is 211 Å². The SMILES string of the molecule is O=C(O)CC(O)(CC(=O)OP(=O)(O)O)C(=O)O.[Ca+2].[Ca+2].[Ca+2].[H-].[H-].[H-].[H-].[H-].[H-]. The normalized spacial score (nSPS) is 12.6. The smallest absolute Gasteiger partial charge is 1.00 e. The van der Waals surface area contributed by atoms with Crippen LogP contribution >= 0.6 is 7.82 Å². The second kappa shape index (κ2) is 12.7. The van der Waals surface area contributed by atoms with Crippen LogP contribution in [0.25, 0.3) is 0 Å². The molecule has 0 aliphatic rings. The fourth-order valence-electron chi connectivity index (χ4n) is 0.868. The monoisotopic (exact) mass is 398 g/mol. The van der Waals surface area contributed by atoms with Crippen molar-refractivity contribution in [1.82, 2.24) is 0 Å². The summed E-state index contributed by atoms with van der Waals surface area (Å²) in [6, 6.07) is 0. The van der Waals surface area contributed by atoms with Gasteiger partial charge in [0.05, 0.1) is 12.8 Å². The first-order chi connectivity index (χ1) is 7.46. The molecule has 0 aromatic carbocycles. The molecule has 0 heterocycles. The summed E-state index contributed by atoms with van der Waals surface area (Å²) in [6.07, 6.45) is -2.72. The van der Waals surface area contributed by atoms with Crippen LogP contribution in [0.2, 0.25) is 0 Å².